The fourth-order valence-corrected chi connectivity index (χ4v) is 4.47. The van der Waals surface area contributed by atoms with Crippen molar-refractivity contribution in [3.05, 3.63) is 65.0 Å². The number of nitrogens with zero attached hydrogens (tertiary/aromatic N) is 3. The second-order valence-corrected chi connectivity index (χ2v) is 8.90. The molecule has 0 aliphatic heterocycles. The first-order chi connectivity index (χ1) is 14.5. The van der Waals surface area contributed by atoms with Gasteiger partial charge in [-0.25, -0.2) is 0 Å². The van der Waals surface area contributed by atoms with Crippen LogP contribution in [0.3, 0.4) is 0 Å². The number of ether oxygens (including phenoxy) is 1. The lowest BCUT2D eigenvalue weighted by Gasteiger charge is -2.10. The first-order valence-electron chi connectivity index (χ1n) is 9.55. The second-order valence-electron chi connectivity index (χ2n) is 6.98. The van der Waals surface area contributed by atoms with E-state index in [9.17, 15) is 4.79 Å². The zero-order valence-electron chi connectivity index (χ0n) is 17.6. The van der Waals surface area contributed by atoms with E-state index in [0.29, 0.717) is 11.4 Å². The summed E-state index contributed by atoms with van der Waals surface area (Å²) in [5, 5.41) is 12.2. The van der Waals surface area contributed by atoms with Crippen LogP contribution >= 0.6 is 23.5 Å². The fourth-order valence-electron chi connectivity index (χ4n) is 2.78. The Morgan fingerprint density at radius 1 is 1.07 bits per heavy atom. The molecular weight excluding hydrogens is 416 g/mol. The summed E-state index contributed by atoms with van der Waals surface area (Å²) < 4.78 is 7.26. The summed E-state index contributed by atoms with van der Waals surface area (Å²) in [7, 11) is 3.53. The van der Waals surface area contributed by atoms with E-state index in [4.69, 9.17) is 4.74 Å². The van der Waals surface area contributed by atoms with Gasteiger partial charge in [-0.3, -0.25) is 4.79 Å². The first kappa shape index (κ1) is 22.2. The Balaban J connectivity index is 1.50. The van der Waals surface area contributed by atoms with Gasteiger partial charge in [0.25, 0.3) is 0 Å². The third-order valence-corrected chi connectivity index (χ3v) is 6.53. The van der Waals surface area contributed by atoms with E-state index in [1.165, 1.54) is 22.9 Å². The first-order valence-corrected chi connectivity index (χ1v) is 11.7. The summed E-state index contributed by atoms with van der Waals surface area (Å²) in [5.41, 5.74) is 4.29. The van der Waals surface area contributed by atoms with E-state index in [1.807, 2.05) is 36.7 Å². The molecule has 8 heteroatoms. The number of benzene rings is 2. The summed E-state index contributed by atoms with van der Waals surface area (Å²) in [6.45, 7) is 4.06. The molecule has 0 unspecified atom stereocenters. The van der Waals surface area contributed by atoms with E-state index in [2.05, 4.69) is 46.7 Å². The largest absolute Gasteiger partial charge is 0.495 e. The van der Waals surface area contributed by atoms with Gasteiger partial charge in [0, 0.05) is 12.8 Å². The highest BCUT2D eigenvalue weighted by Crippen LogP contribution is 2.26. The summed E-state index contributed by atoms with van der Waals surface area (Å²) in [5.74, 6) is 3.38. The molecule has 1 aromatic heterocycles. The number of amides is 1. The third kappa shape index (κ3) is 6.03. The molecule has 1 N–H and O–H groups in total. The minimum absolute atomic E-state index is 0.109. The molecule has 0 aliphatic carbocycles. The average molecular weight is 443 g/mol. The van der Waals surface area contributed by atoms with Crippen molar-refractivity contribution in [2.24, 2.45) is 7.05 Å². The standard InChI is InChI=1S/C22H26N4O2S2/c1-15-5-8-17(9-6-15)12-29-13-20-24-25-22(26(20)3)30-14-21(27)23-18-11-16(2)7-10-19(18)28-4/h5-11H,12-14H2,1-4H3,(H,23,27). The maximum atomic E-state index is 12.4. The van der Waals surface area contributed by atoms with Gasteiger partial charge in [0.1, 0.15) is 11.6 Å². The number of hydrogen-bond acceptors (Lipinski definition) is 6. The number of rotatable bonds is 9. The molecular formula is C22H26N4O2S2. The number of aryl methyl sites for hydroxylation is 2. The van der Waals surface area contributed by atoms with Crippen LogP contribution in [0.1, 0.15) is 22.5 Å². The van der Waals surface area contributed by atoms with Crippen molar-refractivity contribution in [2.75, 3.05) is 18.2 Å². The van der Waals surface area contributed by atoms with Crippen molar-refractivity contribution in [1.29, 1.82) is 0 Å². The number of aromatic nitrogens is 3. The van der Waals surface area contributed by atoms with Crippen LogP contribution in [-0.4, -0.2) is 33.5 Å². The van der Waals surface area contributed by atoms with Crippen LogP contribution in [0.5, 0.6) is 5.75 Å². The summed E-state index contributed by atoms with van der Waals surface area (Å²) in [4.78, 5) is 12.4. The van der Waals surface area contributed by atoms with Crippen LogP contribution in [0.15, 0.2) is 47.6 Å². The molecule has 2 aromatic carbocycles. The quantitative estimate of drug-likeness (QED) is 0.488. The molecule has 0 atom stereocenters. The van der Waals surface area contributed by atoms with Gasteiger partial charge in [0.2, 0.25) is 5.91 Å². The Morgan fingerprint density at radius 2 is 1.80 bits per heavy atom. The van der Waals surface area contributed by atoms with Crippen molar-refractivity contribution in [2.45, 2.75) is 30.5 Å². The monoisotopic (exact) mass is 442 g/mol. The predicted octanol–water partition coefficient (Wildman–Crippen LogP) is 4.60. The van der Waals surface area contributed by atoms with Crippen LogP contribution in [0, 0.1) is 13.8 Å². The molecule has 0 fully saturated rings. The van der Waals surface area contributed by atoms with Gasteiger partial charge in [-0.1, -0.05) is 47.7 Å². The molecule has 158 valence electrons. The van der Waals surface area contributed by atoms with Crippen LogP contribution in [0.25, 0.3) is 0 Å². The van der Waals surface area contributed by atoms with Crippen LogP contribution in [0.4, 0.5) is 5.69 Å². The molecule has 1 amide bonds. The van der Waals surface area contributed by atoms with E-state index < -0.39 is 0 Å². The van der Waals surface area contributed by atoms with Crippen molar-refractivity contribution in [1.82, 2.24) is 14.8 Å². The summed E-state index contributed by atoms with van der Waals surface area (Å²) >= 11 is 3.17. The molecule has 3 rings (SSSR count). The highest BCUT2D eigenvalue weighted by atomic mass is 32.2. The molecule has 3 aromatic rings. The molecule has 0 saturated carbocycles. The highest BCUT2D eigenvalue weighted by Gasteiger charge is 2.13. The summed E-state index contributed by atoms with van der Waals surface area (Å²) in [6, 6.07) is 14.3. The van der Waals surface area contributed by atoms with Gasteiger partial charge in [0.05, 0.1) is 24.3 Å². The minimum atomic E-state index is -0.109. The number of methoxy groups -OCH3 is 1. The lowest BCUT2D eigenvalue weighted by Crippen LogP contribution is -2.15. The maximum Gasteiger partial charge on any atom is 0.234 e. The molecule has 0 radical (unpaired) electrons. The third-order valence-electron chi connectivity index (χ3n) is 4.51. The van der Waals surface area contributed by atoms with Crippen LogP contribution in [-0.2, 0) is 23.3 Å². The Bertz CT molecular complexity index is 1000. The molecule has 30 heavy (non-hydrogen) atoms. The van der Waals surface area contributed by atoms with Crippen LogP contribution < -0.4 is 10.1 Å². The smallest absolute Gasteiger partial charge is 0.234 e. The lowest BCUT2D eigenvalue weighted by atomic mass is 10.2. The topological polar surface area (TPSA) is 69.0 Å². The molecule has 0 saturated heterocycles. The Labute approximate surface area is 185 Å². The second kappa shape index (κ2) is 10.5. The number of thioether (sulfide) groups is 2. The lowest BCUT2D eigenvalue weighted by molar-refractivity contribution is -0.113. The zero-order chi connectivity index (χ0) is 21.5. The minimum Gasteiger partial charge on any atom is -0.495 e. The zero-order valence-corrected chi connectivity index (χ0v) is 19.3. The Kier molecular flexibility index (Phi) is 7.81. The van der Waals surface area contributed by atoms with Crippen molar-refractivity contribution in [3.8, 4) is 5.75 Å². The summed E-state index contributed by atoms with van der Waals surface area (Å²) in [6.07, 6.45) is 0. The Hall–Kier alpha value is -2.45. The SMILES string of the molecule is COc1ccc(C)cc1NC(=O)CSc1nnc(CSCc2ccc(C)cc2)n1C. The van der Waals surface area contributed by atoms with E-state index >= 15 is 0 Å². The van der Waals surface area contributed by atoms with E-state index in [1.54, 1.807) is 18.9 Å². The van der Waals surface area contributed by atoms with Gasteiger partial charge in [-0.15, -0.1) is 22.0 Å². The highest BCUT2D eigenvalue weighted by molar-refractivity contribution is 7.99. The van der Waals surface area contributed by atoms with Gasteiger partial charge >= 0.3 is 0 Å². The number of hydrogen-bond donors (Lipinski definition) is 1. The average Bonchev–Trinajstić information content (AvgIpc) is 3.08. The number of carbonyl (C=O) groups excluding carboxylic acids is 1. The van der Waals surface area contributed by atoms with Gasteiger partial charge in [-0.2, -0.15) is 0 Å². The number of anilines is 1. The Morgan fingerprint density at radius 3 is 2.53 bits per heavy atom. The molecule has 0 bridgehead atoms. The van der Waals surface area contributed by atoms with Gasteiger partial charge in [0.15, 0.2) is 5.16 Å². The van der Waals surface area contributed by atoms with Gasteiger partial charge < -0.3 is 14.6 Å². The molecule has 1 heterocycles. The van der Waals surface area contributed by atoms with E-state index in [0.717, 1.165) is 28.0 Å². The molecule has 0 spiro atoms. The van der Waals surface area contributed by atoms with Crippen molar-refractivity contribution < 1.29 is 9.53 Å². The molecule has 0 aliphatic rings. The van der Waals surface area contributed by atoms with Gasteiger partial charge in [-0.05, 0) is 37.1 Å². The maximum absolute atomic E-state index is 12.4. The van der Waals surface area contributed by atoms with E-state index in [-0.39, 0.29) is 11.7 Å². The number of carbonyl (C=O) groups is 1. The fraction of sp³-hybridized carbons (Fsp3) is 0.318. The van der Waals surface area contributed by atoms with Crippen LogP contribution in [0.2, 0.25) is 0 Å². The van der Waals surface area contributed by atoms with Crippen molar-refractivity contribution >= 4 is 35.1 Å². The predicted molar refractivity (Wildman–Crippen MR) is 124 cm³/mol. The normalized spacial score (nSPS) is 10.8. The molecule has 6 nitrogen and oxygen atoms in total. The van der Waals surface area contributed by atoms with Crippen molar-refractivity contribution in [3.63, 3.8) is 0 Å². The number of nitrogens with one attached hydrogen (secondary N) is 1.